The molecule has 0 fully saturated rings. The van der Waals surface area contributed by atoms with Crippen LogP contribution >= 0.6 is 11.6 Å². The van der Waals surface area contributed by atoms with E-state index < -0.39 is 23.4 Å². The van der Waals surface area contributed by atoms with Crippen molar-refractivity contribution in [1.82, 2.24) is 20.6 Å². The third-order valence-electron chi connectivity index (χ3n) is 3.85. The molecule has 2 amide bonds. The van der Waals surface area contributed by atoms with Gasteiger partial charge in [0.2, 0.25) is 5.91 Å². The van der Waals surface area contributed by atoms with Crippen LogP contribution in [0.1, 0.15) is 15.9 Å². The first-order valence-corrected chi connectivity index (χ1v) is 8.54. The van der Waals surface area contributed by atoms with Gasteiger partial charge in [0.1, 0.15) is 17.3 Å². The highest BCUT2D eigenvalue weighted by molar-refractivity contribution is 6.30. The second-order valence-electron chi connectivity index (χ2n) is 5.99. The summed E-state index contributed by atoms with van der Waals surface area (Å²) in [5.41, 5.74) is 5.31. The molecule has 0 aliphatic rings. The molecule has 1 aromatic heterocycles. The molecule has 2 N–H and O–H groups in total. The Morgan fingerprint density at radius 2 is 1.82 bits per heavy atom. The van der Waals surface area contributed by atoms with Crippen molar-refractivity contribution in [3.05, 3.63) is 76.4 Å². The normalized spacial score (nSPS) is 10.6. The van der Waals surface area contributed by atoms with Crippen molar-refractivity contribution in [2.45, 2.75) is 6.42 Å². The van der Waals surface area contributed by atoms with Crippen LogP contribution in [-0.2, 0) is 18.3 Å². The Morgan fingerprint density at radius 3 is 2.50 bits per heavy atom. The van der Waals surface area contributed by atoms with Crippen LogP contribution in [0.3, 0.4) is 0 Å². The van der Waals surface area contributed by atoms with E-state index in [0.29, 0.717) is 16.7 Å². The van der Waals surface area contributed by atoms with Crippen LogP contribution in [0, 0.1) is 11.6 Å². The molecule has 0 atom stereocenters. The van der Waals surface area contributed by atoms with E-state index in [1.54, 1.807) is 31.3 Å². The quantitative estimate of drug-likeness (QED) is 0.656. The van der Waals surface area contributed by atoms with E-state index >= 15 is 0 Å². The first-order valence-electron chi connectivity index (χ1n) is 8.16. The maximum Gasteiger partial charge on any atom is 0.273 e. The third-order valence-corrected chi connectivity index (χ3v) is 4.11. The van der Waals surface area contributed by atoms with Crippen LogP contribution in [-0.4, -0.2) is 21.6 Å². The van der Waals surface area contributed by atoms with Crippen molar-refractivity contribution in [3.63, 3.8) is 0 Å². The Balaban J connectivity index is 1.71. The van der Waals surface area contributed by atoms with Crippen LogP contribution in [0.5, 0.6) is 0 Å². The largest absolute Gasteiger partial charge is 0.274 e. The van der Waals surface area contributed by atoms with Crippen molar-refractivity contribution >= 4 is 23.4 Å². The van der Waals surface area contributed by atoms with Gasteiger partial charge in [-0.1, -0.05) is 23.7 Å². The van der Waals surface area contributed by atoms with E-state index in [9.17, 15) is 18.4 Å². The zero-order chi connectivity index (χ0) is 20.3. The molecule has 0 aliphatic carbocycles. The first-order chi connectivity index (χ1) is 13.3. The lowest BCUT2D eigenvalue weighted by molar-refractivity contribution is -0.121. The highest BCUT2D eigenvalue weighted by Crippen LogP contribution is 2.25. The van der Waals surface area contributed by atoms with Crippen molar-refractivity contribution < 1.29 is 18.4 Å². The Hall–Kier alpha value is -3.26. The van der Waals surface area contributed by atoms with Crippen molar-refractivity contribution in [2.24, 2.45) is 7.05 Å². The van der Waals surface area contributed by atoms with E-state index in [-0.39, 0.29) is 23.2 Å². The standard InChI is InChI=1S/C19H15ClF2N4O2/c1-26-10-15(18(25-26)14-7-6-13(21)9-16(14)22)19(28)24-23-17(27)8-11-2-4-12(20)5-3-11/h2-7,9-10H,8H2,1H3,(H,23,27)(H,24,28). The SMILES string of the molecule is Cn1cc(C(=O)NNC(=O)Cc2ccc(Cl)cc2)c(-c2ccc(F)cc2F)n1. The number of nitrogens with zero attached hydrogens (tertiary/aromatic N) is 2. The number of hydrogen-bond donors (Lipinski definition) is 2. The molecule has 6 nitrogen and oxygen atoms in total. The van der Waals surface area contributed by atoms with Gasteiger partial charge in [-0.2, -0.15) is 5.10 Å². The summed E-state index contributed by atoms with van der Waals surface area (Å²) >= 11 is 5.79. The third kappa shape index (κ3) is 4.52. The maximum atomic E-state index is 14.1. The number of rotatable bonds is 4. The fourth-order valence-corrected chi connectivity index (χ4v) is 2.69. The summed E-state index contributed by atoms with van der Waals surface area (Å²) in [6.07, 6.45) is 1.41. The number of hydrazine groups is 1. The highest BCUT2D eigenvalue weighted by Gasteiger charge is 2.20. The summed E-state index contributed by atoms with van der Waals surface area (Å²) in [6.45, 7) is 0. The number of carbonyl (C=O) groups excluding carboxylic acids is 2. The van der Waals surface area contributed by atoms with Crippen molar-refractivity contribution in [2.75, 3.05) is 0 Å². The van der Waals surface area contributed by atoms with Crippen molar-refractivity contribution in [1.29, 1.82) is 0 Å². The summed E-state index contributed by atoms with van der Waals surface area (Å²) in [6, 6.07) is 9.68. The summed E-state index contributed by atoms with van der Waals surface area (Å²) < 4.78 is 28.5. The molecule has 0 aliphatic heterocycles. The molecular weight excluding hydrogens is 390 g/mol. The number of amides is 2. The lowest BCUT2D eigenvalue weighted by atomic mass is 10.1. The number of aromatic nitrogens is 2. The van der Waals surface area contributed by atoms with Crippen LogP contribution in [0.2, 0.25) is 5.02 Å². The van der Waals surface area contributed by atoms with Gasteiger partial charge in [0, 0.05) is 29.9 Å². The van der Waals surface area contributed by atoms with Crippen LogP contribution in [0.15, 0.2) is 48.7 Å². The highest BCUT2D eigenvalue weighted by atomic mass is 35.5. The fraction of sp³-hybridized carbons (Fsp3) is 0.105. The average Bonchev–Trinajstić information content (AvgIpc) is 3.03. The maximum absolute atomic E-state index is 14.1. The summed E-state index contributed by atoms with van der Waals surface area (Å²) in [5, 5.41) is 4.61. The molecule has 3 rings (SSSR count). The molecule has 0 radical (unpaired) electrons. The molecule has 0 saturated carbocycles. The van der Waals surface area contributed by atoms with Gasteiger partial charge >= 0.3 is 0 Å². The fourth-order valence-electron chi connectivity index (χ4n) is 2.56. The van der Waals surface area contributed by atoms with Gasteiger partial charge in [0.15, 0.2) is 0 Å². The van der Waals surface area contributed by atoms with Crippen molar-refractivity contribution in [3.8, 4) is 11.3 Å². The van der Waals surface area contributed by atoms with Gasteiger partial charge < -0.3 is 0 Å². The molecule has 0 unspecified atom stereocenters. The number of carbonyl (C=O) groups is 2. The monoisotopic (exact) mass is 404 g/mol. The molecule has 0 bridgehead atoms. The molecular formula is C19H15ClF2N4O2. The van der Waals surface area contributed by atoms with Crippen LogP contribution in [0.4, 0.5) is 8.78 Å². The number of hydrogen-bond acceptors (Lipinski definition) is 3. The average molecular weight is 405 g/mol. The van der Waals surface area contributed by atoms with E-state index in [2.05, 4.69) is 16.0 Å². The van der Waals surface area contributed by atoms with E-state index in [0.717, 1.165) is 6.07 Å². The predicted octanol–water partition coefficient (Wildman–Crippen LogP) is 3.02. The number of halogens is 3. The topological polar surface area (TPSA) is 76.0 Å². The molecule has 28 heavy (non-hydrogen) atoms. The smallest absolute Gasteiger partial charge is 0.273 e. The molecule has 0 saturated heterocycles. The predicted molar refractivity (Wildman–Crippen MR) is 99.3 cm³/mol. The second kappa shape index (κ2) is 8.18. The minimum atomic E-state index is -0.848. The molecule has 9 heteroatoms. The summed E-state index contributed by atoms with van der Waals surface area (Å²) in [5.74, 6) is -2.72. The zero-order valence-electron chi connectivity index (χ0n) is 14.7. The Bertz CT molecular complexity index is 1030. The second-order valence-corrected chi connectivity index (χ2v) is 6.43. The minimum Gasteiger partial charge on any atom is -0.274 e. The minimum absolute atomic E-state index is 0.0276. The zero-order valence-corrected chi connectivity index (χ0v) is 15.4. The Kier molecular flexibility index (Phi) is 5.70. The van der Waals surface area contributed by atoms with Gasteiger partial charge in [-0.15, -0.1) is 0 Å². The molecule has 2 aromatic carbocycles. The number of aryl methyl sites for hydroxylation is 1. The Morgan fingerprint density at radius 1 is 1.11 bits per heavy atom. The van der Waals surface area contributed by atoms with Gasteiger partial charge in [-0.3, -0.25) is 25.1 Å². The van der Waals surface area contributed by atoms with Gasteiger partial charge in [0.25, 0.3) is 5.91 Å². The van der Waals surface area contributed by atoms with Gasteiger partial charge in [-0.05, 0) is 29.8 Å². The van der Waals surface area contributed by atoms with E-state index in [1.807, 2.05) is 0 Å². The lowest BCUT2D eigenvalue weighted by Gasteiger charge is -2.08. The van der Waals surface area contributed by atoms with E-state index in [4.69, 9.17) is 11.6 Å². The lowest BCUT2D eigenvalue weighted by Crippen LogP contribution is -2.42. The van der Waals surface area contributed by atoms with Gasteiger partial charge in [0.05, 0.1) is 12.0 Å². The number of nitrogens with one attached hydrogen (secondary N) is 2. The molecule has 144 valence electrons. The molecule has 1 heterocycles. The van der Waals surface area contributed by atoms with E-state index in [1.165, 1.54) is 16.9 Å². The Labute approximate surface area is 164 Å². The molecule has 3 aromatic rings. The summed E-state index contributed by atoms with van der Waals surface area (Å²) in [4.78, 5) is 24.4. The van der Waals surface area contributed by atoms with Gasteiger partial charge in [-0.25, -0.2) is 8.78 Å². The van der Waals surface area contributed by atoms with Crippen LogP contribution < -0.4 is 10.9 Å². The number of benzene rings is 2. The first kappa shape index (κ1) is 19.5. The molecule has 0 spiro atoms. The van der Waals surface area contributed by atoms with Crippen LogP contribution in [0.25, 0.3) is 11.3 Å². The summed E-state index contributed by atoms with van der Waals surface area (Å²) in [7, 11) is 1.56.